The number of carbonyl (C=O) groups excluding carboxylic acids is 1. The van der Waals surface area contributed by atoms with Crippen LogP contribution in [0.1, 0.15) is 21.5 Å². The first-order valence-corrected chi connectivity index (χ1v) is 11.3. The number of benzene rings is 3. The number of amides is 1. The molecule has 5 aromatic rings. The Hall–Kier alpha value is -4.92. The van der Waals surface area contributed by atoms with Crippen LogP contribution in [0, 0.1) is 6.92 Å². The minimum Gasteiger partial charge on any atom is -0.454 e. The second-order valence-electron chi connectivity index (χ2n) is 8.39. The molecular weight excluding hydrogens is 458 g/mol. The van der Waals surface area contributed by atoms with E-state index in [1.54, 1.807) is 24.5 Å². The van der Waals surface area contributed by atoms with Crippen molar-refractivity contribution in [2.75, 3.05) is 12.1 Å². The second-order valence-corrected chi connectivity index (χ2v) is 8.39. The first kappa shape index (κ1) is 21.6. The predicted molar refractivity (Wildman–Crippen MR) is 132 cm³/mol. The highest BCUT2D eigenvalue weighted by Gasteiger charge is 2.17. The van der Waals surface area contributed by atoms with Gasteiger partial charge in [0.15, 0.2) is 11.5 Å². The monoisotopic (exact) mass is 479 g/mol. The van der Waals surface area contributed by atoms with Gasteiger partial charge in [-0.05, 0) is 48.4 Å². The number of carbonyl (C=O) groups is 1. The van der Waals surface area contributed by atoms with E-state index >= 15 is 0 Å². The number of hydrogen-bond donors (Lipinski definition) is 1. The fourth-order valence-corrected chi connectivity index (χ4v) is 3.96. The Bertz CT molecular complexity index is 1550. The Labute approximate surface area is 206 Å². The largest absolute Gasteiger partial charge is 0.454 e. The summed E-state index contributed by atoms with van der Waals surface area (Å²) in [4.78, 5) is 21.5. The van der Waals surface area contributed by atoms with Crippen molar-refractivity contribution in [3.63, 3.8) is 0 Å². The molecule has 0 saturated heterocycles. The molecule has 9 heteroatoms. The van der Waals surface area contributed by atoms with Gasteiger partial charge in [-0.1, -0.05) is 41.6 Å². The third-order valence-corrected chi connectivity index (χ3v) is 5.88. The lowest BCUT2D eigenvalue weighted by Gasteiger charge is -2.08. The standard InChI is InChI=1S/C27H21N5O4/c1-17-4-2-3-5-21(17)25-30-27(36-31-25)22-14-32(15-28-22)13-18-6-9-20(10-7-18)29-26(33)19-8-11-23-24(12-19)35-16-34-23/h2-12,14-15H,13,16H2,1H3,(H,29,33). The molecule has 0 saturated carbocycles. The lowest BCUT2D eigenvalue weighted by Crippen LogP contribution is -2.11. The van der Waals surface area contributed by atoms with Gasteiger partial charge in [-0.2, -0.15) is 4.98 Å². The third kappa shape index (κ3) is 4.29. The van der Waals surface area contributed by atoms with E-state index in [0.717, 1.165) is 16.7 Å². The molecule has 36 heavy (non-hydrogen) atoms. The van der Waals surface area contributed by atoms with E-state index in [-0.39, 0.29) is 12.7 Å². The van der Waals surface area contributed by atoms with Crippen molar-refractivity contribution in [3.8, 4) is 34.5 Å². The van der Waals surface area contributed by atoms with Gasteiger partial charge in [0.05, 0.1) is 6.33 Å². The zero-order valence-electron chi connectivity index (χ0n) is 19.3. The molecule has 9 nitrogen and oxygen atoms in total. The van der Waals surface area contributed by atoms with Crippen LogP contribution >= 0.6 is 0 Å². The lowest BCUT2D eigenvalue weighted by molar-refractivity contribution is 0.102. The quantitative estimate of drug-likeness (QED) is 0.368. The van der Waals surface area contributed by atoms with Gasteiger partial charge < -0.3 is 23.9 Å². The molecule has 0 atom stereocenters. The molecule has 0 aliphatic carbocycles. The highest BCUT2D eigenvalue weighted by Crippen LogP contribution is 2.32. The Morgan fingerprint density at radius 1 is 1.03 bits per heavy atom. The third-order valence-electron chi connectivity index (χ3n) is 5.88. The number of aromatic nitrogens is 4. The van der Waals surface area contributed by atoms with E-state index in [1.165, 1.54) is 0 Å². The van der Waals surface area contributed by atoms with Crippen molar-refractivity contribution in [1.82, 2.24) is 19.7 Å². The van der Waals surface area contributed by atoms with E-state index in [0.29, 0.717) is 46.7 Å². The van der Waals surface area contributed by atoms with Gasteiger partial charge in [0, 0.05) is 29.6 Å². The normalized spacial score (nSPS) is 12.0. The Kier molecular flexibility index (Phi) is 5.42. The number of nitrogens with zero attached hydrogens (tertiary/aromatic N) is 4. The van der Waals surface area contributed by atoms with Crippen LogP contribution < -0.4 is 14.8 Å². The van der Waals surface area contributed by atoms with Gasteiger partial charge >= 0.3 is 0 Å². The summed E-state index contributed by atoms with van der Waals surface area (Å²) in [6.07, 6.45) is 3.59. The summed E-state index contributed by atoms with van der Waals surface area (Å²) >= 11 is 0. The van der Waals surface area contributed by atoms with Crippen molar-refractivity contribution in [3.05, 3.63) is 95.9 Å². The molecule has 0 radical (unpaired) electrons. The number of hydrogen-bond acceptors (Lipinski definition) is 7. The lowest BCUT2D eigenvalue weighted by atomic mass is 10.1. The fourth-order valence-electron chi connectivity index (χ4n) is 3.96. The highest BCUT2D eigenvalue weighted by atomic mass is 16.7. The van der Waals surface area contributed by atoms with Gasteiger partial charge in [-0.15, -0.1) is 0 Å². The predicted octanol–water partition coefficient (Wildman–Crippen LogP) is 4.94. The van der Waals surface area contributed by atoms with Gasteiger partial charge in [0.25, 0.3) is 11.8 Å². The van der Waals surface area contributed by atoms with Crippen LogP contribution in [0.2, 0.25) is 0 Å². The van der Waals surface area contributed by atoms with E-state index < -0.39 is 0 Å². The zero-order valence-corrected chi connectivity index (χ0v) is 19.3. The minimum atomic E-state index is -0.218. The molecule has 0 spiro atoms. The van der Waals surface area contributed by atoms with Crippen molar-refractivity contribution in [2.24, 2.45) is 0 Å². The van der Waals surface area contributed by atoms with Gasteiger partial charge in [0.1, 0.15) is 5.69 Å². The number of anilines is 1. The maximum absolute atomic E-state index is 12.6. The molecule has 1 aliphatic rings. The highest BCUT2D eigenvalue weighted by molar-refractivity contribution is 6.04. The Morgan fingerprint density at radius 2 is 1.86 bits per heavy atom. The maximum atomic E-state index is 12.6. The minimum absolute atomic E-state index is 0.170. The average molecular weight is 479 g/mol. The molecule has 0 unspecified atom stereocenters. The van der Waals surface area contributed by atoms with Crippen LogP contribution in [-0.2, 0) is 6.54 Å². The molecule has 1 aliphatic heterocycles. The number of ether oxygens (including phenoxy) is 2. The van der Waals surface area contributed by atoms with Crippen molar-refractivity contribution in [1.29, 1.82) is 0 Å². The number of nitrogens with one attached hydrogen (secondary N) is 1. The van der Waals surface area contributed by atoms with E-state index in [9.17, 15) is 4.79 Å². The van der Waals surface area contributed by atoms with Crippen molar-refractivity contribution in [2.45, 2.75) is 13.5 Å². The number of rotatable bonds is 6. The molecule has 6 rings (SSSR count). The number of aryl methyl sites for hydroxylation is 1. The summed E-state index contributed by atoms with van der Waals surface area (Å²) in [5.41, 5.74) is 4.85. The number of imidazole rings is 1. The smallest absolute Gasteiger partial charge is 0.278 e. The van der Waals surface area contributed by atoms with Gasteiger partial charge in [0.2, 0.25) is 12.6 Å². The van der Waals surface area contributed by atoms with Crippen molar-refractivity contribution >= 4 is 11.6 Å². The van der Waals surface area contributed by atoms with Crippen LogP contribution in [0.25, 0.3) is 23.0 Å². The molecule has 1 N–H and O–H groups in total. The molecule has 3 aromatic carbocycles. The first-order valence-electron chi connectivity index (χ1n) is 11.3. The van der Waals surface area contributed by atoms with E-state index in [2.05, 4.69) is 20.4 Å². The van der Waals surface area contributed by atoms with Crippen LogP contribution in [0.15, 0.2) is 83.8 Å². The van der Waals surface area contributed by atoms with E-state index in [1.807, 2.05) is 66.2 Å². The summed E-state index contributed by atoms with van der Waals surface area (Å²) in [6.45, 7) is 2.78. The van der Waals surface area contributed by atoms with Crippen LogP contribution in [0.4, 0.5) is 5.69 Å². The fraction of sp³-hybridized carbons (Fsp3) is 0.111. The molecule has 1 amide bonds. The Morgan fingerprint density at radius 3 is 2.72 bits per heavy atom. The summed E-state index contributed by atoms with van der Waals surface area (Å²) in [7, 11) is 0. The van der Waals surface area contributed by atoms with Gasteiger partial charge in [-0.25, -0.2) is 4.98 Å². The van der Waals surface area contributed by atoms with Crippen LogP contribution in [-0.4, -0.2) is 32.4 Å². The second kappa shape index (κ2) is 9.03. The topological polar surface area (TPSA) is 104 Å². The average Bonchev–Trinajstić information content (AvgIpc) is 3.66. The molecule has 0 bridgehead atoms. The summed E-state index contributed by atoms with van der Waals surface area (Å²) in [5.74, 6) is 1.91. The van der Waals surface area contributed by atoms with Crippen LogP contribution in [0.3, 0.4) is 0 Å². The SMILES string of the molecule is Cc1ccccc1-c1noc(-c2cn(Cc3ccc(NC(=O)c4ccc5c(c4)OCO5)cc3)cn2)n1. The molecule has 0 fully saturated rings. The van der Waals surface area contributed by atoms with Crippen LogP contribution in [0.5, 0.6) is 11.5 Å². The summed E-state index contributed by atoms with van der Waals surface area (Å²) in [5, 5.41) is 7.01. The maximum Gasteiger partial charge on any atom is 0.278 e. The molecular formula is C27H21N5O4. The molecule has 3 heterocycles. The summed E-state index contributed by atoms with van der Waals surface area (Å²) in [6, 6.07) is 20.7. The Balaban J connectivity index is 1.10. The zero-order chi connectivity index (χ0) is 24.5. The van der Waals surface area contributed by atoms with E-state index in [4.69, 9.17) is 14.0 Å². The number of fused-ring (bicyclic) bond motifs is 1. The molecule has 2 aromatic heterocycles. The molecule has 178 valence electrons. The summed E-state index contributed by atoms with van der Waals surface area (Å²) < 4.78 is 18.0. The van der Waals surface area contributed by atoms with Crippen molar-refractivity contribution < 1.29 is 18.8 Å². The first-order chi connectivity index (χ1) is 17.6. The van der Waals surface area contributed by atoms with Gasteiger partial charge in [-0.3, -0.25) is 4.79 Å².